The lowest BCUT2D eigenvalue weighted by molar-refractivity contribution is -0.140. The summed E-state index contributed by atoms with van der Waals surface area (Å²) in [7, 11) is 0. The highest BCUT2D eigenvalue weighted by Crippen LogP contribution is 2.15. The second kappa shape index (κ2) is 8.97. The molecule has 0 fully saturated rings. The maximum absolute atomic E-state index is 12.6. The molecule has 1 aromatic rings. The summed E-state index contributed by atoms with van der Waals surface area (Å²) in [4.78, 5) is 52.1. The van der Waals surface area contributed by atoms with Gasteiger partial charge in [0.05, 0.1) is 6.54 Å². The summed E-state index contributed by atoms with van der Waals surface area (Å²) in [5, 5.41) is 13.7. The van der Waals surface area contributed by atoms with E-state index in [1.54, 1.807) is 4.90 Å². The molecule has 0 aromatic carbocycles. The van der Waals surface area contributed by atoms with E-state index in [-0.39, 0.29) is 36.2 Å². The minimum absolute atomic E-state index is 0.0211. The van der Waals surface area contributed by atoms with Crippen molar-refractivity contribution in [3.05, 3.63) is 17.5 Å². The van der Waals surface area contributed by atoms with E-state index < -0.39 is 23.7 Å². The first-order valence-corrected chi connectivity index (χ1v) is 8.72. The molecule has 1 aliphatic heterocycles. The van der Waals surface area contributed by atoms with E-state index in [9.17, 15) is 19.2 Å². The molecule has 3 amide bonds. The molecule has 0 radical (unpaired) electrons. The molecule has 1 aliphatic rings. The van der Waals surface area contributed by atoms with Gasteiger partial charge in [0.1, 0.15) is 11.6 Å². The first kappa shape index (κ1) is 20.9. The molecular weight excluding hydrogens is 370 g/mol. The van der Waals surface area contributed by atoms with Crippen molar-refractivity contribution < 1.29 is 24.3 Å². The zero-order valence-corrected chi connectivity index (χ0v) is 15.5. The summed E-state index contributed by atoms with van der Waals surface area (Å²) < 4.78 is 1.46. The number of rotatable bonds is 8. The molecule has 0 bridgehead atoms. The number of nitrogens with one attached hydrogen (secondary N) is 1. The molecule has 1 atom stereocenters. The number of hydrogen-bond acceptors (Lipinski definition) is 5. The van der Waals surface area contributed by atoms with Gasteiger partial charge in [0.25, 0.3) is 11.8 Å². The molecule has 28 heavy (non-hydrogen) atoms. The largest absolute Gasteiger partial charge is 0.564 e. The van der Waals surface area contributed by atoms with Crippen LogP contribution >= 0.6 is 0 Å². The minimum Gasteiger partial charge on any atom is -0.564 e. The lowest BCUT2D eigenvalue weighted by atomic mass is 10.2. The number of nitrogens with two attached hydrogens (primary N) is 2. The number of aromatic nitrogens is 2. The Morgan fingerprint density at radius 3 is 2.71 bits per heavy atom. The Hall–Kier alpha value is -3.44. The van der Waals surface area contributed by atoms with E-state index in [2.05, 4.69) is 15.4 Å². The van der Waals surface area contributed by atoms with Gasteiger partial charge in [-0.15, -0.1) is 0 Å². The Bertz CT molecular complexity index is 812. The first-order valence-electron chi connectivity index (χ1n) is 8.72. The molecule has 0 aliphatic carbocycles. The summed E-state index contributed by atoms with van der Waals surface area (Å²) in [6, 6.07) is 1.39. The number of aliphatic imine (C=N–C) groups is 1. The van der Waals surface area contributed by atoms with Crippen LogP contribution < -0.4 is 16.8 Å². The topological polar surface area (TPSA) is 189 Å². The van der Waals surface area contributed by atoms with Crippen molar-refractivity contribution in [3.63, 3.8) is 0 Å². The molecule has 0 saturated carbocycles. The maximum Gasteiger partial charge on any atom is 0.520 e. The van der Waals surface area contributed by atoms with E-state index >= 15 is 0 Å². The fraction of sp³-hybridized carbons (Fsp3) is 0.500. The molecule has 2 heterocycles. The smallest absolute Gasteiger partial charge is 0.520 e. The summed E-state index contributed by atoms with van der Waals surface area (Å²) in [6.45, 7) is 2.72. The quantitative estimate of drug-likeness (QED) is 0.247. The first-order chi connectivity index (χ1) is 13.2. The van der Waals surface area contributed by atoms with Crippen LogP contribution in [0.2, 0.25) is 0 Å². The summed E-state index contributed by atoms with van der Waals surface area (Å²) in [5.74, 6) is -2.95. The molecule has 152 valence electrons. The van der Waals surface area contributed by atoms with E-state index in [0.717, 1.165) is 0 Å². The van der Waals surface area contributed by atoms with Crippen LogP contribution in [0.15, 0.2) is 11.1 Å². The Morgan fingerprint density at radius 2 is 2.07 bits per heavy atom. The predicted octanol–water partition coefficient (Wildman–Crippen LogP) is -2.46. The summed E-state index contributed by atoms with van der Waals surface area (Å²) in [6.07, 6.45) is 0.517. The average molecular weight is 394 g/mol. The molecule has 7 N–H and O–H groups in total. The molecule has 0 saturated heterocycles. The molecule has 0 unspecified atom stereocenters. The summed E-state index contributed by atoms with van der Waals surface area (Å²) >= 11 is 0. The number of guanidine groups is 1. The molecule has 12 heteroatoms. The van der Waals surface area contributed by atoms with Gasteiger partial charge in [0.2, 0.25) is 5.91 Å². The average Bonchev–Trinajstić information content (AvgIpc) is 3.05. The van der Waals surface area contributed by atoms with Gasteiger partial charge in [-0.25, -0.2) is 0 Å². The molecule has 0 spiro atoms. The monoisotopic (exact) mass is 394 g/mol. The minimum atomic E-state index is -0.770. The highest BCUT2D eigenvalue weighted by Gasteiger charge is 2.28. The highest BCUT2D eigenvalue weighted by atomic mass is 16.4. The lowest BCUT2D eigenvalue weighted by Gasteiger charge is -2.27. The van der Waals surface area contributed by atoms with Crippen molar-refractivity contribution in [3.8, 4) is 0 Å². The van der Waals surface area contributed by atoms with Crippen LogP contribution in [0.4, 0.5) is 0 Å². The van der Waals surface area contributed by atoms with Crippen LogP contribution in [-0.4, -0.2) is 69.1 Å². The van der Waals surface area contributed by atoms with Gasteiger partial charge in [-0.3, -0.25) is 19.1 Å². The van der Waals surface area contributed by atoms with Crippen LogP contribution in [0, 0.1) is 5.92 Å². The van der Waals surface area contributed by atoms with Crippen molar-refractivity contribution >= 4 is 29.7 Å². The zero-order chi connectivity index (χ0) is 20.8. The highest BCUT2D eigenvalue weighted by molar-refractivity contribution is 5.98. The van der Waals surface area contributed by atoms with Crippen molar-refractivity contribution in [2.45, 2.75) is 26.3 Å². The van der Waals surface area contributed by atoms with Crippen molar-refractivity contribution in [1.29, 1.82) is 0 Å². The van der Waals surface area contributed by atoms with Gasteiger partial charge < -0.3 is 26.8 Å². The van der Waals surface area contributed by atoms with E-state index in [1.165, 1.54) is 17.7 Å². The summed E-state index contributed by atoms with van der Waals surface area (Å²) in [5.41, 5.74) is 10.6. The zero-order valence-electron chi connectivity index (χ0n) is 15.5. The fourth-order valence-corrected chi connectivity index (χ4v) is 2.61. The van der Waals surface area contributed by atoms with Crippen molar-refractivity contribution in [2.24, 2.45) is 22.4 Å². The number of fused-ring (bicyclic) bond motifs is 1. The van der Waals surface area contributed by atoms with Crippen LogP contribution in [0.25, 0.3) is 0 Å². The van der Waals surface area contributed by atoms with Gasteiger partial charge in [-0.05, 0) is 13.3 Å². The Labute approximate surface area is 160 Å². The van der Waals surface area contributed by atoms with Crippen LogP contribution in [0.1, 0.15) is 40.7 Å². The Morgan fingerprint density at radius 1 is 1.36 bits per heavy atom. The van der Waals surface area contributed by atoms with E-state index in [0.29, 0.717) is 26.1 Å². The van der Waals surface area contributed by atoms with Gasteiger partial charge in [0, 0.05) is 36.9 Å². The third-order valence-corrected chi connectivity index (χ3v) is 4.19. The third-order valence-electron chi connectivity index (χ3n) is 4.19. The SMILES string of the molecule is C[C@@H](CNC(=O)c1cc2n(n1)CCN(CCCC(=O)N=C(N)N)C2=O)C(=O)[OH2+]. The Balaban J connectivity index is 1.94. The Kier molecular flexibility index (Phi) is 6.69. The van der Waals surface area contributed by atoms with Crippen LogP contribution in [0.3, 0.4) is 0 Å². The van der Waals surface area contributed by atoms with E-state index in [1.807, 2.05) is 0 Å². The maximum atomic E-state index is 12.6. The van der Waals surface area contributed by atoms with Crippen LogP contribution in [0.5, 0.6) is 0 Å². The fourth-order valence-electron chi connectivity index (χ4n) is 2.61. The number of hydrogen-bond donors (Lipinski definition) is 3. The normalized spacial score (nSPS) is 14.2. The van der Waals surface area contributed by atoms with Gasteiger partial charge in [-0.1, -0.05) is 0 Å². The second-order valence-electron chi connectivity index (χ2n) is 6.44. The van der Waals surface area contributed by atoms with Crippen molar-refractivity contribution in [1.82, 2.24) is 20.0 Å². The van der Waals surface area contributed by atoms with Crippen molar-refractivity contribution in [2.75, 3.05) is 19.6 Å². The van der Waals surface area contributed by atoms with Gasteiger partial charge in [0.15, 0.2) is 11.7 Å². The van der Waals surface area contributed by atoms with Crippen LogP contribution in [-0.2, 0) is 16.1 Å². The molecule has 2 rings (SSSR count). The number of carbonyl (C=O) groups is 4. The molecule has 12 nitrogen and oxygen atoms in total. The number of amides is 3. The van der Waals surface area contributed by atoms with Gasteiger partial charge >= 0.3 is 5.97 Å². The molecular formula is C16H24N7O5+. The second-order valence-corrected chi connectivity index (χ2v) is 6.44. The standard InChI is InChI=1S/C16H23N7O5/c1-9(15(27)28)8-19-13(25)10-7-11-14(26)22(5-6-23(11)21-10)4-2-3-12(24)20-16(17)18/h7,9H,2-6,8H2,1H3,(H,19,25)(H,27,28)(H4,17,18,20,24)/p+1/t9-/m0/s1. The molecule has 1 aromatic heterocycles. The number of carbonyl (C=O) groups excluding carboxylic acids is 4. The predicted molar refractivity (Wildman–Crippen MR) is 98.3 cm³/mol. The lowest BCUT2D eigenvalue weighted by Crippen LogP contribution is -2.41. The third kappa shape index (κ3) is 5.28. The van der Waals surface area contributed by atoms with E-state index in [4.69, 9.17) is 16.6 Å². The van der Waals surface area contributed by atoms with Gasteiger partial charge in [-0.2, -0.15) is 10.1 Å². The number of nitrogens with zero attached hydrogens (tertiary/aromatic N) is 4.